The molecular formula is C13H16O. The lowest BCUT2D eigenvalue weighted by Gasteiger charge is -2.00. The number of benzene rings is 1. The van der Waals surface area contributed by atoms with Gasteiger partial charge < -0.3 is 4.74 Å². The summed E-state index contributed by atoms with van der Waals surface area (Å²) in [6, 6.07) is 8.02. The molecule has 74 valence electrons. The number of allylic oxidation sites excluding steroid dienone is 2. The minimum Gasteiger partial charge on any atom is -0.497 e. The van der Waals surface area contributed by atoms with Gasteiger partial charge in [0.15, 0.2) is 0 Å². The molecule has 1 rings (SSSR count). The second-order valence-electron chi connectivity index (χ2n) is 3.26. The number of ether oxygens (including phenoxy) is 1. The maximum Gasteiger partial charge on any atom is 0.118 e. The summed E-state index contributed by atoms with van der Waals surface area (Å²) in [5.41, 5.74) is 2.51. The molecule has 0 fully saturated rings. The molecule has 0 atom stereocenters. The van der Waals surface area contributed by atoms with E-state index in [1.54, 1.807) is 7.11 Å². The van der Waals surface area contributed by atoms with Crippen LogP contribution >= 0.6 is 0 Å². The van der Waals surface area contributed by atoms with Gasteiger partial charge in [0.05, 0.1) is 7.11 Å². The Balaban J connectivity index is 2.77. The molecule has 0 saturated carbocycles. The van der Waals surface area contributed by atoms with Crippen molar-refractivity contribution in [2.24, 2.45) is 0 Å². The highest BCUT2D eigenvalue weighted by Gasteiger charge is 1.91. The lowest BCUT2D eigenvalue weighted by Crippen LogP contribution is -1.82. The summed E-state index contributed by atoms with van der Waals surface area (Å²) in [4.78, 5) is 0. The zero-order valence-corrected chi connectivity index (χ0v) is 8.79. The van der Waals surface area contributed by atoms with E-state index >= 15 is 0 Å². The first-order chi connectivity index (χ1) is 6.76. The van der Waals surface area contributed by atoms with Gasteiger partial charge in [-0.25, -0.2) is 0 Å². The number of methoxy groups -OCH3 is 1. The monoisotopic (exact) mass is 188 g/mol. The molecule has 0 aromatic heterocycles. The third-order valence-electron chi connectivity index (χ3n) is 2.00. The van der Waals surface area contributed by atoms with Crippen molar-refractivity contribution in [1.29, 1.82) is 0 Å². The Bertz CT molecular complexity index is 320. The molecule has 0 spiro atoms. The standard InChI is InChI=1S/C13H16O/c1-4-5-11(2)10-12-6-8-13(14-3)9-7-12/h4,6-10H,1,5H2,2-3H3/b11-10+. The minimum atomic E-state index is 0.892. The van der Waals surface area contributed by atoms with Crippen LogP contribution in [0.25, 0.3) is 6.08 Å². The first-order valence-corrected chi connectivity index (χ1v) is 4.68. The molecule has 0 bridgehead atoms. The SMILES string of the molecule is C=CC/C(C)=C/c1ccc(OC)cc1. The molecule has 0 aliphatic carbocycles. The Hall–Kier alpha value is -1.50. The van der Waals surface area contributed by atoms with Crippen molar-refractivity contribution in [3.63, 3.8) is 0 Å². The quantitative estimate of drug-likeness (QED) is 0.655. The average Bonchev–Trinajstić information content (AvgIpc) is 2.19. The molecule has 0 radical (unpaired) electrons. The maximum absolute atomic E-state index is 5.08. The van der Waals surface area contributed by atoms with E-state index in [0.717, 1.165) is 12.2 Å². The summed E-state index contributed by atoms with van der Waals surface area (Å²) < 4.78 is 5.08. The molecular weight excluding hydrogens is 172 g/mol. The lowest BCUT2D eigenvalue weighted by atomic mass is 10.1. The summed E-state index contributed by atoms with van der Waals surface area (Å²) >= 11 is 0. The Morgan fingerprint density at radius 2 is 2.00 bits per heavy atom. The van der Waals surface area contributed by atoms with Gasteiger partial charge in [-0.15, -0.1) is 6.58 Å². The second-order valence-corrected chi connectivity index (χ2v) is 3.26. The van der Waals surface area contributed by atoms with Gasteiger partial charge in [-0.05, 0) is 31.0 Å². The van der Waals surface area contributed by atoms with Gasteiger partial charge in [0.1, 0.15) is 5.75 Å². The van der Waals surface area contributed by atoms with Crippen molar-refractivity contribution in [2.75, 3.05) is 7.11 Å². The molecule has 1 heteroatoms. The van der Waals surface area contributed by atoms with Crippen molar-refractivity contribution in [1.82, 2.24) is 0 Å². The Kier molecular flexibility index (Phi) is 3.99. The molecule has 0 aliphatic heterocycles. The van der Waals surface area contributed by atoms with E-state index in [0.29, 0.717) is 0 Å². The van der Waals surface area contributed by atoms with Crippen LogP contribution < -0.4 is 4.74 Å². The van der Waals surface area contributed by atoms with Gasteiger partial charge in [-0.3, -0.25) is 0 Å². The highest BCUT2D eigenvalue weighted by molar-refractivity contribution is 5.53. The Morgan fingerprint density at radius 3 is 2.50 bits per heavy atom. The van der Waals surface area contributed by atoms with E-state index in [9.17, 15) is 0 Å². The third-order valence-corrected chi connectivity index (χ3v) is 2.00. The molecule has 0 amide bonds. The normalized spacial score (nSPS) is 11.1. The van der Waals surface area contributed by atoms with Crippen molar-refractivity contribution >= 4 is 6.08 Å². The zero-order valence-electron chi connectivity index (χ0n) is 8.79. The molecule has 0 unspecified atom stereocenters. The van der Waals surface area contributed by atoms with Crippen LogP contribution in [0.1, 0.15) is 18.9 Å². The van der Waals surface area contributed by atoms with E-state index in [1.807, 2.05) is 30.3 Å². The van der Waals surface area contributed by atoms with Crippen LogP contribution in [0.3, 0.4) is 0 Å². The molecule has 0 aliphatic rings. The Morgan fingerprint density at radius 1 is 1.36 bits per heavy atom. The maximum atomic E-state index is 5.08. The predicted molar refractivity (Wildman–Crippen MR) is 61.5 cm³/mol. The summed E-state index contributed by atoms with van der Waals surface area (Å²) in [5, 5.41) is 0. The van der Waals surface area contributed by atoms with Crippen molar-refractivity contribution < 1.29 is 4.74 Å². The van der Waals surface area contributed by atoms with Crippen molar-refractivity contribution in [3.8, 4) is 5.75 Å². The third kappa shape index (κ3) is 3.09. The summed E-state index contributed by atoms with van der Waals surface area (Å²) in [6.07, 6.45) is 5.00. The van der Waals surface area contributed by atoms with Crippen LogP contribution in [-0.4, -0.2) is 7.11 Å². The fraction of sp³-hybridized carbons (Fsp3) is 0.231. The lowest BCUT2D eigenvalue weighted by molar-refractivity contribution is 0.415. The van der Waals surface area contributed by atoms with Gasteiger partial charge in [0.25, 0.3) is 0 Å². The fourth-order valence-electron chi connectivity index (χ4n) is 1.27. The molecule has 1 aromatic rings. The van der Waals surface area contributed by atoms with Gasteiger partial charge in [-0.1, -0.05) is 29.9 Å². The van der Waals surface area contributed by atoms with Gasteiger partial charge in [0, 0.05) is 0 Å². The van der Waals surface area contributed by atoms with Crippen LogP contribution in [0, 0.1) is 0 Å². The Labute approximate surface area is 85.7 Å². The van der Waals surface area contributed by atoms with E-state index in [-0.39, 0.29) is 0 Å². The highest BCUT2D eigenvalue weighted by atomic mass is 16.5. The van der Waals surface area contributed by atoms with E-state index in [2.05, 4.69) is 19.6 Å². The summed E-state index contributed by atoms with van der Waals surface area (Å²) in [6.45, 7) is 5.81. The van der Waals surface area contributed by atoms with Crippen LogP contribution in [0.2, 0.25) is 0 Å². The fourth-order valence-corrected chi connectivity index (χ4v) is 1.27. The number of rotatable bonds is 4. The number of hydrogen-bond acceptors (Lipinski definition) is 1. The van der Waals surface area contributed by atoms with Crippen LogP contribution in [0.5, 0.6) is 5.75 Å². The van der Waals surface area contributed by atoms with Crippen LogP contribution in [0.15, 0.2) is 42.5 Å². The van der Waals surface area contributed by atoms with Crippen molar-refractivity contribution in [3.05, 3.63) is 48.1 Å². The molecule has 0 N–H and O–H groups in total. The summed E-state index contributed by atoms with van der Waals surface area (Å²) in [5.74, 6) is 0.892. The minimum absolute atomic E-state index is 0.892. The topological polar surface area (TPSA) is 9.23 Å². The van der Waals surface area contributed by atoms with E-state index in [1.165, 1.54) is 11.1 Å². The van der Waals surface area contributed by atoms with Gasteiger partial charge in [0.2, 0.25) is 0 Å². The number of hydrogen-bond donors (Lipinski definition) is 0. The second kappa shape index (κ2) is 5.28. The first kappa shape index (κ1) is 10.6. The van der Waals surface area contributed by atoms with E-state index in [4.69, 9.17) is 4.74 Å². The largest absolute Gasteiger partial charge is 0.497 e. The molecule has 1 nitrogen and oxygen atoms in total. The van der Waals surface area contributed by atoms with Crippen LogP contribution in [0.4, 0.5) is 0 Å². The van der Waals surface area contributed by atoms with Crippen molar-refractivity contribution in [2.45, 2.75) is 13.3 Å². The zero-order chi connectivity index (χ0) is 10.4. The molecule has 1 aromatic carbocycles. The summed E-state index contributed by atoms with van der Waals surface area (Å²) in [7, 11) is 1.67. The smallest absolute Gasteiger partial charge is 0.118 e. The van der Waals surface area contributed by atoms with Crippen LogP contribution in [-0.2, 0) is 0 Å². The molecule has 0 saturated heterocycles. The van der Waals surface area contributed by atoms with E-state index < -0.39 is 0 Å². The molecule has 14 heavy (non-hydrogen) atoms. The molecule has 0 heterocycles. The predicted octanol–water partition coefficient (Wildman–Crippen LogP) is 3.67. The first-order valence-electron chi connectivity index (χ1n) is 4.68. The van der Waals surface area contributed by atoms with Gasteiger partial charge in [-0.2, -0.15) is 0 Å². The highest BCUT2D eigenvalue weighted by Crippen LogP contribution is 2.14. The van der Waals surface area contributed by atoms with Gasteiger partial charge >= 0.3 is 0 Å². The average molecular weight is 188 g/mol.